The van der Waals surface area contributed by atoms with Crippen molar-refractivity contribution in [1.29, 1.82) is 0 Å². The van der Waals surface area contributed by atoms with Crippen molar-refractivity contribution in [3.05, 3.63) is 33.8 Å². The van der Waals surface area contributed by atoms with Gasteiger partial charge in [0.15, 0.2) is 0 Å². The Labute approximate surface area is 154 Å². The number of carbonyl (C=O) groups is 1. The van der Waals surface area contributed by atoms with Crippen molar-refractivity contribution in [2.24, 2.45) is 23.2 Å². The molecule has 5 rings (SSSR count). The van der Waals surface area contributed by atoms with E-state index in [0.717, 1.165) is 23.3 Å². The first-order valence-corrected chi connectivity index (χ1v) is 9.93. The molecule has 2 nitrogen and oxygen atoms in total. The number of rotatable bonds is 4. The number of amides is 1. The summed E-state index contributed by atoms with van der Waals surface area (Å²) in [6.07, 6.45) is 8.43. The molecule has 0 radical (unpaired) electrons. The van der Waals surface area contributed by atoms with Crippen LogP contribution >= 0.6 is 23.2 Å². The maximum atomic E-state index is 12.6. The van der Waals surface area contributed by atoms with E-state index in [9.17, 15) is 4.79 Å². The second kappa shape index (κ2) is 6.21. The Morgan fingerprint density at radius 1 is 1.12 bits per heavy atom. The van der Waals surface area contributed by atoms with Crippen LogP contribution in [0.2, 0.25) is 10.0 Å². The number of carbonyl (C=O) groups excluding carboxylic acids is 1. The van der Waals surface area contributed by atoms with Crippen molar-refractivity contribution in [2.75, 3.05) is 0 Å². The van der Waals surface area contributed by atoms with E-state index >= 15 is 0 Å². The molecule has 24 heavy (non-hydrogen) atoms. The summed E-state index contributed by atoms with van der Waals surface area (Å²) in [7, 11) is 0. The molecule has 1 atom stereocenters. The highest BCUT2D eigenvalue weighted by Crippen LogP contribution is 2.61. The van der Waals surface area contributed by atoms with Gasteiger partial charge in [-0.1, -0.05) is 29.3 Å². The molecule has 0 aliphatic heterocycles. The predicted octanol–water partition coefficient (Wildman–Crippen LogP) is 5.26. The molecule has 0 aromatic heterocycles. The van der Waals surface area contributed by atoms with Crippen LogP contribution in [-0.2, 0) is 11.2 Å². The zero-order valence-corrected chi connectivity index (χ0v) is 15.7. The van der Waals surface area contributed by atoms with Crippen LogP contribution in [0.3, 0.4) is 0 Å². The number of hydrogen-bond acceptors (Lipinski definition) is 1. The van der Waals surface area contributed by atoms with Gasteiger partial charge < -0.3 is 5.32 Å². The summed E-state index contributed by atoms with van der Waals surface area (Å²) in [5, 5.41) is 4.42. The maximum Gasteiger partial charge on any atom is 0.224 e. The first kappa shape index (κ1) is 16.7. The Kier molecular flexibility index (Phi) is 4.33. The fourth-order valence-electron chi connectivity index (χ4n) is 6.02. The third-order valence-corrected chi connectivity index (χ3v) is 7.49. The van der Waals surface area contributed by atoms with Crippen LogP contribution in [0.15, 0.2) is 18.2 Å². The van der Waals surface area contributed by atoms with E-state index in [-0.39, 0.29) is 18.4 Å². The molecule has 0 heterocycles. The summed E-state index contributed by atoms with van der Waals surface area (Å²) in [4.78, 5) is 12.6. The lowest BCUT2D eigenvalue weighted by molar-refractivity contribution is -0.125. The molecule has 1 aromatic carbocycles. The van der Waals surface area contributed by atoms with Crippen LogP contribution in [0.1, 0.15) is 51.0 Å². The van der Waals surface area contributed by atoms with Gasteiger partial charge in [0.2, 0.25) is 5.91 Å². The lowest BCUT2D eigenvalue weighted by Crippen LogP contribution is -2.56. The lowest BCUT2D eigenvalue weighted by Gasteiger charge is -2.59. The van der Waals surface area contributed by atoms with Crippen LogP contribution in [-0.4, -0.2) is 11.9 Å². The van der Waals surface area contributed by atoms with Gasteiger partial charge in [0.05, 0.1) is 6.42 Å². The maximum absolute atomic E-state index is 12.6. The summed E-state index contributed by atoms with van der Waals surface area (Å²) in [6.45, 7) is 2.21. The van der Waals surface area contributed by atoms with Gasteiger partial charge in [-0.2, -0.15) is 0 Å². The van der Waals surface area contributed by atoms with E-state index in [1.807, 2.05) is 6.07 Å². The monoisotopic (exact) mass is 365 g/mol. The van der Waals surface area contributed by atoms with Gasteiger partial charge in [0, 0.05) is 16.1 Å². The summed E-state index contributed by atoms with van der Waals surface area (Å²) in [6, 6.07) is 5.63. The fourth-order valence-corrected chi connectivity index (χ4v) is 6.55. The van der Waals surface area contributed by atoms with Gasteiger partial charge in [0.25, 0.3) is 0 Å². The van der Waals surface area contributed by atoms with E-state index < -0.39 is 0 Å². The first-order chi connectivity index (χ1) is 11.4. The SMILES string of the molecule is CC(NC(=O)Cc1c(Cl)cccc1Cl)C12CC3CC(CC(C3)C1)C2. The zero-order chi connectivity index (χ0) is 16.9. The number of benzene rings is 1. The molecule has 4 heteroatoms. The molecule has 1 unspecified atom stereocenters. The van der Waals surface area contributed by atoms with E-state index in [4.69, 9.17) is 23.2 Å². The first-order valence-electron chi connectivity index (χ1n) is 9.17. The molecule has 0 spiro atoms. The van der Waals surface area contributed by atoms with Gasteiger partial charge in [0.1, 0.15) is 0 Å². The lowest BCUT2D eigenvalue weighted by atomic mass is 9.48. The molecule has 4 aliphatic carbocycles. The fraction of sp³-hybridized carbons (Fsp3) is 0.650. The van der Waals surface area contributed by atoms with Crippen LogP contribution in [0.4, 0.5) is 0 Å². The van der Waals surface area contributed by atoms with Crippen LogP contribution in [0, 0.1) is 23.2 Å². The second-order valence-corrected chi connectivity index (χ2v) is 9.26. The highest BCUT2D eigenvalue weighted by Gasteiger charge is 2.53. The van der Waals surface area contributed by atoms with Gasteiger partial charge in [-0.15, -0.1) is 0 Å². The van der Waals surface area contributed by atoms with E-state index in [0.29, 0.717) is 15.5 Å². The molecule has 4 fully saturated rings. The van der Waals surface area contributed by atoms with Gasteiger partial charge in [-0.25, -0.2) is 0 Å². The van der Waals surface area contributed by atoms with Gasteiger partial charge in [-0.3, -0.25) is 4.79 Å². The molecule has 1 N–H and O–H groups in total. The van der Waals surface area contributed by atoms with Crippen molar-refractivity contribution in [2.45, 2.75) is 57.9 Å². The standard InChI is InChI=1S/C20H25Cl2NO/c1-12(20-9-13-5-14(10-20)7-15(6-13)11-20)23-19(24)8-16-17(21)3-2-4-18(16)22/h2-4,12-15H,5-11H2,1H3,(H,23,24). The van der Waals surface area contributed by atoms with E-state index in [1.54, 1.807) is 12.1 Å². The summed E-state index contributed by atoms with van der Waals surface area (Å²) >= 11 is 12.4. The Balaban J connectivity index is 1.44. The Hall–Kier alpha value is -0.730. The topological polar surface area (TPSA) is 29.1 Å². The molecule has 1 amide bonds. The van der Waals surface area contributed by atoms with Crippen LogP contribution in [0.5, 0.6) is 0 Å². The van der Waals surface area contributed by atoms with Crippen molar-refractivity contribution in [3.8, 4) is 0 Å². The number of halogens is 2. The Morgan fingerprint density at radius 3 is 2.12 bits per heavy atom. The Bertz CT molecular complexity index is 602. The smallest absolute Gasteiger partial charge is 0.224 e. The second-order valence-electron chi connectivity index (χ2n) is 8.45. The molecular formula is C20H25Cl2NO. The van der Waals surface area contributed by atoms with Crippen LogP contribution < -0.4 is 5.32 Å². The molecule has 1 aromatic rings. The minimum absolute atomic E-state index is 0.0354. The molecule has 4 bridgehead atoms. The van der Waals surface area contributed by atoms with Crippen molar-refractivity contribution in [3.63, 3.8) is 0 Å². The minimum Gasteiger partial charge on any atom is -0.353 e. The number of nitrogens with one attached hydrogen (secondary N) is 1. The molecule has 0 saturated heterocycles. The van der Waals surface area contributed by atoms with Crippen molar-refractivity contribution < 1.29 is 4.79 Å². The average Bonchev–Trinajstić information content (AvgIpc) is 2.49. The third-order valence-electron chi connectivity index (χ3n) is 6.78. The average molecular weight is 366 g/mol. The minimum atomic E-state index is 0.0354. The van der Waals surface area contributed by atoms with Crippen molar-refractivity contribution in [1.82, 2.24) is 5.32 Å². The van der Waals surface area contributed by atoms with E-state index in [2.05, 4.69) is 12.2 Å². The third kappa shape index (κ3) is 2.97. The number of hydrogen-bond donors (Lipinski definition) is 1. The highest BCUT2D eigenvalue weighted by molar-refractivity contribution is 6.36. The molecule has 4 saturated carbocycles. The van der Waals surface area contributed by atoms with E-state index in [1.165, 1.54) is 38.5 Å². The normalized spacial score (nSPS) is 35.0. The summed E-state index contributed by atoms with van der Waals surface area (Å²) < 4.78 is 0. The summed E-state index contributed by atoms with van der Waals surface area (Å²) in [5.74, 6) is 2.73. The highest BCUT2D eigenvalue weighted by atomic mass is 35.5. The molecule has 130 valence electrons. The van der Waals surface area contributed by atoms with Crippen molar-refractivity contribution >= 4 is 29.1 Å². The largest absolute Gasteiger partial charge is 0.353 e. The van der Waals surface area contributed by atoms with Gasteiger partial charge in [-0.05, 0) is 86.3 Å². The predicted molar refractivity (Wildman–Crippen MR) is 98.4 cm³/mol. The molecular weight excluding hydrogens is 341 g/mol. The van der Waals surface area contributed by atoms with Gasteiger partial charge >= 0.3 is 0 Å². The summed E-state index contributed by atoms with van der Waals surface area (Å²) in [5.41, 5.74) is 1.06. The molecule has 4 aliphatic rings. The van der Waals surface area contributed by atoms with Crippen LogP contribution in [0.25, 0.3) is 0 Å². The quantitative estimate of drug-likeness (QED) is 0.774. The zero-order valence-electron chi connectivity index (χ0n) is 14.2. The Morgan fingerprint density at radius 2 is 1.62 bits per heavy atom.